The van der Waals surface area contributed by atoms with Crippen LogP contribution in [0.1, 0.15) is 5.56 Å². The van der Waals surface area contributed by atoms with Crippen molar-refractivity contribution >= 4 is 16.2 Å². The summed E-state index contributed by atoms with van der Waals surface area (Å²) in [6.45, 7) is 0. The standard InChI is InChI=1S/C16H12O4S/c17-21(18,19)11-10-12-4-1-2-6-14(12)16-9-8-13-5-3-7-15(13)20-16/h1-11H,(H,17,18,19)/b11-10+. The molecule has 0 fully saturated rings. The molecule has 0 unspecified atom stereocenters. The molecule has 0 amide bonds. The first-order valence-electron chi connectivity index (χ1n) is 6.26. The molecule has 0 saturated carbocycles. The molecule has 2 aliphatic rings. The maximum atomic E-state index is 10.8. The van der Waals surface area contributed by atoms with E-state index >= 15 is 0 Å². The van der Waals surface area contributed by atoms with Gasteiger partial charge in [0.2, 0.25) is 0 Å². The maximum Gasteiger partial charge on any atom is 0.287 e. The van der Waals surface area contributed by atoms with Crippen molar-refractivity contribution in [3.8, 4) is 22.6 Å². The predicted octanol–water partition coefficient (Wildman–Crippen LogP) is 3.91. The molecule has 1 aliphatic carbocycles. The van der Waals surface area contributed by atoms with E-state index in [-0.39, 0.29) is 0 Å². The fourth-order valence-corrected chi connectivity index (χ4v) is 2.46. The molecule has 106 valence electrons. The van der Waals surface area contributed by atoms with E-state index < -0.39 is 10.1 Å². The van der Waals surface area contributed by atoms with Gasteiger partial charge in [-0.05, 0) is 29.8 Å². The Labute approximate surface area is 122 Å². The number of fused-ring (bicyclic) bond motifs is 1. The highest BCUT2D eigenvalue weighted by atomic mass is 32.2. The molecule has 21 heavy (non-hydrogen) atoms. The van der Waals surface area contributed by atoms with Gasteiger partial charge in [-0.3, -0.25) is 4.55 Å². The SMILES string of the molecule is O=S(=O)(O)/C=C/c1ccccc1-c1ccc2cccc-2o1. The zero-order chi connectivity index (χ0) is 14.9. The third kappa shape index (κ3) is 3.04. The molecule has 0 aromatic heterocycles. The summed E-state index contributed by atoms with van der Waals surface area (Å²) in [4.78, 5) is 0. The summed E-state index contributed by atoms with van der Waals surface area (Å²) in [5.74, 6) is 1.39. The topological polar surface area (TPSA) is 67.5 Å². The molecular formula is C16H12O4S. The lowest BCUT2D eigenvalue weighted by Crippen LogP contribution is -1.90. The molecule has 1 heterocycles. The zero-order valence-corrected chi connectivity index (χ0v) is 11.7. The van der Waals surface area contributed by atoms with Gasteiger partial charge in [0.25, 0.3) is 10.1 Å². The first kappa shape index (κ1) is 13.6. The second-order valence-electron chi connectivity index (χ2n) is 4.55. The van der Waals surface area contributed by atoms with Gasteiger partial charge in [-0.1, -0.05) is 36.4 Å². The van der Waals surface area contributed by atoms with E-state index in [9.17, 15) is 8.42 Å². The van der Waals surface area contributed by atoms with Gasteiger partial charge < -0.3 is 4.42 Å². The van der Waals surface area contributed by atoms with Crippen LogP contribution in [0.5, 0.6) is 0 Å². The second-order valence-corrected chi connectivity index (χ2v) is 5.85. The summed E-state index contributed by atoms with van der Waals surface area (Å²) in [5, 5.41) is 0.757. The van der Waals surface area contributed by atoms with Gasteiger partial charge >= 0.3 is 0 Å². The summed E-state index contributed by atoms with van der Waals surface area (Å²) >= 11 is 0. The summed E-state index contributed by atoms with van der Waals surface area (Å²) < 4.78 is 36.3. The molecule has 0 saturated heterocycles. The van der Waals surface area contributed by atoms with Gasteiger partial charge in [-0.15, -0.1) is 0 Å². The number of rotatable bonds is 3. The van der Waals surface area contributed by atoms with Crippen molar-refractivity contribution < 1.29 is 17.4 Å². The highest BCUT2D eigenvalue weighted by Crippen LogP contribution is 2.31. The Morgan fingerprint density at radius 2 is 1.71 bits per heavy atom. The Morgan fingerprint density at radius 3 is 2.52 bits per heavy atom. The summed E-state index contributed by atoms with van der Waals surface area (Å²) in [7, 11) is -4.16. The summed E-state index contributed by atoms with van der Waals surface area (Å²) in [6.07, 6.45) is 1.34. The van der Waals surface area contributed by atoms with Crippen LogP contribution in [0.15, 0.2) is 64.4 Å². The van der Waals surface area contributed by atoms with Crippen LogP contribution in [-0.2, 0) is 10.1 Å². The van der Waals surface area contributed by atoms with E-state index in [1.165, 1.54) is 6.08 Å². The van der Waals surface area contributed by atoms with Crippen LogP contribution >= 0.6 is 0 Å². The molecule has 1 aromatic carbocycles. The molecule has 1 aliphatic heterocycles. The quantitative estimate of drug-likeness (QED) is 0.745. The molecule has 0 radical (unpaired) electrons. The average molecular weight is 300 g/mol. The molecule has 1 N–H and O–H groups in total. The molecule has 1 aromatic rings. The van der Waals surface area contributed by atoms with Crippen molar-refractivity contribution in [1.82, 2.24) is 0 Å². The molecular weight excluding hydrogens is 288 g/mol. The lowest BCUT2D eigenvalue weighted by molar-refractivity contribution is 0.494. The minimum atomic E-state index is -4.16. The Hall–Kier alpha value is -2.37. The van der Waals surface area contributed by atoms with Crippen molar-refractivity contribution in [2.24, 2.45) is 0 Å². The largest absolute Gasteiger partial charge is 0.456 e. The summed E-state index contributed by atoms with van der Waals surface area (Å²) in [5.41, 5.74) is 2.40. The van der Waals surface area contributed by atoms with E-state index in [0.29, 0.717) is 11.3 Å². The van der Waals surface area contributed by atoms with Gasteiger partial charge in [0, 0.05) is 11.1 Å². The molecule has 0 atom stereocenters. The zero-order valence-electron chi connectivity index (χ0n) is 10.9. The van der Waals surface area contributed by atoms with E-state index in [1.54, 1.807) is 12.1 Å². The van der Waals surface area contributed by atoms with Gasteiger partial charge in [0.1, 0.15) is 11.5 Å². The van der Waals surface area contributed by atoms with Crippen LogP contribution in [0.2, 0.25) is 0 Å². The monoisotopic (exact) mass is 300 g/mol. The molecule has 4 nitrogen and oxygen atoms in total. The minimum Gasteiger partial charge on any atom is -0.456 e. The predicted molar refractivity (Wildman–Crippen MR) is 81.3 cm³/mol. The number of hydrogen-bond acceptors (Lipinski definition) is 3. The normalized spacial score (nSPS) is 12.2. The molecule has 3 rings (SSSR count). The van der Waals surface area contributed by atoms with Crippen molar-refractivity contribution in [3.05, 3.63) is 65.6 Å². The first-order valence-corrected chi connectivity index (χ1v) is 7.77. The van der Waals surface area contributed by atoms with Gasteiger partial charge in [-0.25, -0.2) is 0 Å². The van der Waals surface area contributed by atoms with Crippen LogP contribution in [0.25, 0.3) is 28.7 Å². The first-order chi connectivity index (χ1) is 10.0. The van der Waals surface area contributed by atoms with Crippen LogP contribution < -0.4 is 0 Å². The second kappa shape index (κ2) is 5.20. The highest BCUT2D eigenvalue weighted by Gasteiger charge is 2.10. The van der Waals surface area contributed by atoms with Crippen molar-refractivity contribution in [2.75, 3.05) is 0 Å². The van der Waals surface area contributed by atoms with Crippen LogP contribution in [-0.4, -0.2) is 13.0 Å². The van der Waals surface area contributed by atoms with Crippen LogP contribution in [0, 0.1) is 0 Å². The van der Waals surface area contributed by atoms with Crippen LogP contribution in [0.4, 0.5) is 0 Å². The molecule has 0 bridgehead atoms. The van der Waals surface area contributed by atoms with Crippen molar-refractivity contribution in [2.45, 2.75) is 0 Å². The number of hydrogen-bond donors (Lipinski definition) is 1. The lowest BCUT2D eigenvalue weighted by Gasteiger charge is -2.07. The lowest BCUT2D eigenvalue weighted by atomic mass is 10.0. The van der Waals surface area contributed by atoms with E-state index in [1.807, 2.05) is 42.5 Å². The van der Waals surface area contributed by atoms with Crippen LogP contribution in [0.3, 0.4) is 0 Å². The highest BCUT2D eigenvalue weighted by molar-refractivity contribution is 7.88. The Balaban J connectivity index is 2.10. The maximum absolute atomic E-state index is 10.8. The van der Waals surface area contributed by atoms with E-state index in [0.717, 1.165) is 22.3 Å². The Morgan fingerprint density at radius 1 is 0.905 bits per heavy atom. The fraction of sp³-hybridized carbons (Fsp3) is 0. The van der Waals surface area contributed by atoms with Crippen molar-refractivity contribution in [3.63, 3.8) is 0 Å². The van der Waals surface area contributed by atoms with E-state index in [4.69, 9.17) is 8.97 Å². The Bertz CT molecular complexity index is 875. The minimum absolute atomic E-state index is 0.629. The van der Waals surface area contributed by atoms with Gasteiger partial charge in [0.05, 0.1) is 5.41 Å². The third-order valence-corrected chi connectivity index (χ3v) is 3.57. The summed E-state index contributed by atoms with van der Waals surface area (Å²) in [6, 6.07) is 16.7. The Kier molecular flexibility index (Phi) is 3.37. The molecule has 0 spiro atoms. The van der Waals surface area contributed by atoms with Gasteiger partial charge in [0.15, 0.2) is 0 Å². The smallest absolute Gasteiger partial charge is 0.287 e. The van der Waals surface area contributed by atoms with Gasteiger partial charge in [-0.2, -0.15) is 8.42 Å². The molecule has 5 heteroatoms. The van der Waals surface area contributed by atoms with E-state index in [2.05, 4.69) is 0 Å². The van der Waals surface area contributed by atoms with Crippen molar-refractivity contribution in [1.29, 1.82) is 0 Å². The average Bonchev–Trinajstić information content (AvgIpc) is 2.92. The number of benzene rings is 1. The fourth-order valence-electron chi connectivity index (χ4n) is 2.14. The third-order valence-electron chi connectivity index (χ3n) is 3.09.